The molecule has 2 aromatic heterocycles. The molecule has 0 spiro atoms. The van der Waals surface area contributed by atoms with E-state index in [-0.39, 0.29) is 21.1 Å². The first-order valence-corrected chi connectivity index (χ1v) is 12.2. The van der Waals surface area contributed by atoms with Gasteiger partial charge in [0.25, 0.3) is 0 Å². The van der Waals surface area contributed by atoms with E-state index in [9.17, 15) is 0 Å². The number of aromatic nitrogens is 4. The zero-order chi connectivity index (χ0) is 25.2. The first kappa shape index (κ1) is 25.4. The number of benzene rings is 4. The van der Waals surface area contributed by atoms with Gasteiger partial charge in [0.15, 0.2) is 0 Å². The molecule has 0 radical (unpaired) electrons. The molecule has 6 aromatic rings. The van der Waals surface area contributed by atoms with Crippen LogP contribution in [0.4, 0.5) is 0 Å². The van der Waals surface area contributed by atoms with Crippen LogP contribution in [0.2, 0.25) is 0 Å². The smallest absolute Gasteiger partial charge is 0.129 e. The van der Waals surface area contributed by atoms with Crippen molar-refractivity contribution in [2.24, 2.45) is 0 Å². The van der Waals surface area contributed by atoms with Crippen LogP contribution in [0.3, 0.4) is 0 Å². The Bertz CT molecular complexity index is 1670. The van der Waals surface area contributed by atoms with E-state index < -0.39 is 0 Å². The molecule has 190 valence electrons. The van der Waals surface area contributed by atoms with Crippen LogP contribution in [0.1, 0.15) is 11.4 Å². The number of nitrogens with zero attached hydrogens (tertiary/aromatic N) is 4. The summed E-state index contributed by atoms with van der Waals surface area (Å²) < 4.78 is 10.0. The van der Waals surface area contributed by atoms with Gasteiger partial charge in [-0.2, -0.15) is 10.2 Å². The Morgan fingerprint density at radius 3 is 1.87 bits per heavy atom. The molecule has 4 aromatic carbocycles. The summed E-state index contributed by atoms with van der Waals surface area (Å²) >= 11 is 0. The van der Waals surface area contributed by atoms with Crippen molar-refractivity contribution in [3.63, 3.8) is 0 Å². The van der Waals surface area contributed by atoms with Crippen LogP contribution >= 0.6 is 0 Å². The van der Waals surface area contributed by atoms with Crippen LogP contribution < -0.4 is 4.74 Å². The van der Waals surface area contributed by atoms with Crippen molar-refractivity contribution < 1.29 is 25.8 Å². The second kappa shape index (κ2) is 11.0. The summed E-state index contributed by atoms with van der Waals surface area (Å²) in [5, 5.41) is 9.19. The molecule has 0 aliphatic rings. The first-order valence-electron chi connectivity index (χ1n) is 12.2. The molecule has 0 bridgehead atoms. The van der Waals surface area contributed by atoms with Gasteiger partial charge >= 0.3 is 0 Å². The Kier molecular flexibility index (Phi) is 7.39. The van der Waals surface area contributed by atoms with Gasteiger partial charge in [-0.25, -0.2) is 9.36 Å². The van der Waals surface area contributed by atoms with Crippen LogP contribution in [0.15, 0.2) is 122 Å². The van der Waals surface area contributed by atoms with Gasteiger partial charge in [0.2, 0.25) is 0 Å². The monoisotopic (exact) mass is 677 g/mol. The van der Waals surface area contributed by atoms with Crippen molar-refractivity contribution in [2.45, 2.75) is 13.8 Å². The van der Waals surface area contributed by atoms with Crippen LogP contribution in [0.5, 0.6) is 11.5 Å². The molecule has 0 amide bonds. The predicted molar refractivity (Wildman–Crippen MR) is 148 cm³/mol. The van der Waals surface area contributed by atoms with Crippen molar-refractivity contribution in [3.05, 3.63) is 133 Å². The minimum Gasteiger partial charge on any atom is -0.457 e. The molecule has 0 unspecified atom stereocenters. The van der Waals surface area contributed by atoms with E-state index in [0.717, 1.165) is 45.4 Å². The van der Waals surface area contributed by atoms with E-state index in [4.69, 9.17) is 4.74 Å². The van der Waals surface area contributed by atoms with Gasteiger partial charge in [0, 0.05) is 50.7 Å². The topological polar surface area (TPSA) is 44.9 Å². The average Bonchev–Trinajstić information content (AvgIpc) is 3.56. The summed E-state index contributed by atoms with van der Waals surface area (Å²) in [4.78, 5) is 0. The molecular formula is C32H26N4OPt. The molecule has 6 heteroatoms. The van der Waals surface area contributed by atoms with Crippen molar-refractivity contribution >= 4 is 0 Å². The SMILES string of the molecule is Cc1cc(C)n(-c2cccc(Oc3cccc(-n4cc(-c5ccc(-c6ccccc6)cc5)cn4)c3)c2)n1.[Pt]. The second-order valence-electron chi connectivity index (χ2n) is 9.05. The molecule has 0 aliphatic heterocycles. The van der Waals surface area contributed by atoms with Gasteiger partial charge in [0.1, 0.15) is 11.5 Å². The number of ether oxygens (including phenoxy) is 1. The first-order chi connectivity index (χ1) is 18.1. The van der Waals surface area contributed by atoms with Crippen LogP contribution in [-0.2, 0) is 21.1 Å². The molecule has 0 saturated heterocycles. The van der Waals surface area contributed by atoms with E-state index in [2.05, 4.69) is 64.8 Å². The van der Waals surface area contributed by atoms with Gasteiger partial charge in [-0.3, -0.25) is 0 Å². The zero-order valence-electron chi connectivity index (χ0n) is 21.1. The third-order valence-corrected chi connectivity index (χ3v) is 6.30. The van der Waals surface area contributed by atoms with Gasteiger partial charge < -0.3 is 4.74 Å². The minimum absolute atomic E-state index is 0. The number of rotatable bonds is 6. The van der Waals surface area contributed by atoms with Gasteiger partial charge in [-0.15, -0.1) is 0 Å². The largest absolute Gasteiger partial charge is 0.457 e. The van der Waals surface area contributed by atoms with Crippen molar-refractivity contribution in [3.8, 4) is 45.1 Å². The summed E-state index contributed by atoms with van der Waals surface area (Å²) in [5.74, 6) is 1.49. The molecule has 0 atom stereocenters. The average molecular weight is 678 g/mol. The molecule has 0 N–H and O–H groups in total. The van der Waals surface area contributed by atoms with Gasteiger partial charge in [0.05, 0.1) is 23.3 Å². The molecule has 0 saturated carbocycles. The summed E-state index contributed by atoms with van der Waals surface area (Å²) in [5.41, 5.74) is 8.56. The second-order valence-corrected chi connectivity index (χ2v) is 9.05. The van der Waals surface area contributed by atoms with Gasteiger partial charge in [-0.1, -0.05) is 66.7 Å². The van der Waals surface area contributed by atoms with Crippen molar-refractivity contribution in [1.29, 1.82) is 0 Å². The summed E-state index contributed by atoms with van der Waals surface area (Å²) in [6, 6.07) is 36.9. The van der Waals surface area contributed by atoms with Crippen LogP contribution in [-0.4, -0.2) is 19.6 Å². The van der Waals surface area contributed by atoms with E-state index in [1.54, 1.807) is 0 Å². The summed E-state index contributed by atoms with van der Waals surface area (Å²) in [6.07, 6.45) is 3.93. The molecule has 2 heterocycles. The number of hydrogen-bond acceptors (Lipinski definition) is 3. The quantitative estimate of drug-likeness (QED) is 0.181. The van der Waals surface area contributed by atoms with Crippen LogP contribution in [0, 0.1) is 13.8 Å². The molecule has 0 fully saturated rings. The van der Waals surface area contributed by atoms with Crippen LogP contribution in [0.25, 0.3) is 33.6 Å². The Labute approximate surface area is 236 Å². The third-order valence-electron chi connectivity index (χ3n) is 6.30. The Balaban J connectivity index is 0.00000294. The standard InChI is InChI=1S/C32H26N4O.Pt/c1-23-18-24(2)36(34-23)30-11-7-13-32(20-30)37-31-12-6-10-29(19-31)35-22-28(21-33-35)27-16-14-26(15-17-27)25-8-4-3-5-9-25;/h3-22H,1-2H3;. The molecule has 6 rings (SSSR count). The number of aryl methyl sites for hydroxylation is 2. The molecule has 5 nitrogen and oxygen atoms in total. The molecule has 0 aliphatic carbocycles. The third kappa shape index (κ3) is 5.39. The van der Waals surface area contributed by atoms with E-state index in [1.807, 2.05) is 90.2 Å². The normalized spacial score (nSPS) is 10.7. The minimum atomic E-state index is 0. The van der Waals surface area contributed by atoms with Gasteiger partial charge in [-0.05, 0) is 60.9 Å². The maximum atomic E-state index is 6.21. The maximum Gasteiger partial charge on any atom is 0.129 e. The Hall–Kier alpha value is -4.21. The molecule has 38 heavy (non-hydrogen) atoms. The Morgan fingerprint density at radius 2 is 1.21 bits per heavy atom. The fourth-order valence-corrected chi connectivity index (χ4v) is 4.49. The van der Waals surface area contributed by atoms with E-state index >= 15 is 0 Å². The van der Waals surface area contributed by atoms with Crippen molar-refractivity contribution in [1.82, 2.24) is 19.6 Å². The summed E-state index contributed by atoms with van der Waals surface area (Å²) in [6.45, 7) is 4.04. The fourth-order valence-electron chi connectivity index (χ4n) is 4.49. The maximum absolute atomic E-state index is 6.21. The fraction of sp³-hybridized carbons (Fsp3) is 0.0625. The summed E-state index contributed by atoms with van der Waals surface area (Å²) in [7, 11) is 0. The number of hydrogen-bond donors (Lipinski definition) is 0. The van der Waals surface area contributed by atoms with E-state index in [1.165, 1.54) is 11.1 Å². The van der Waals surface area contributed by atoms with E-state index in [0.29, 0.717) is 0 Å². The Morgan fingerprint density at radius 1 is 0.605 bits per heavy atom. The van der Waals surface area contributed by atoms with Crippen molar-refractivity contribution in [2.75, 3.05) is 0 Å². The predicted octanol–water partition coefficient (Wildman–Crippen LogP) is 7.80. The molecular weight excluding hydrogens is 651 g/mol. The zero-order valence-corrected chi connectivity index (χ0v) is 23.3.